The number of carbonyl (C=O) groups excluding carboxylic acids is 1. The smallest absolute Gasteiger partial charge is 0.276 e. The summed E-state index contributed by atoms with van der Waals surface area (Å²) in [6.45, 7) is 3.99. The van der Waals surface area contributed by atoms with Gasteiger partial charge >= 0.3 is 0 Å². The second-order valence-electron chi connectivity index (χ2n) is 4.82. The topological polar surface area (TPSA) is 70.7 Å². The van der Waals surface area contributed by atoms with Gasteiger partial charge < -0.3 is 5.32 Å². The van der Waals surface area contributed by atoms with Gasteiger partial charge in [0.15, 0.2) is 5.69 Å². The van der Waals surface area contributed by atoms with E-state index >= 15 is 0 Å². The first-order chi connectivity index (χ1) is 9.63. The molecule has 1 amide bonds. The molecule has 0 saturated heterocycles. The van der Waals surface area contributed by atoms with Crippen LogP contribution >= 0.6 is 0 Å². The lowest BCUT2D eigenvalue weighted by Crippen LogP contribution is -2.13. The van der Waals surface area contributed by atoms with Crippen molar-refractivity contribution in [2.24, 2.45) is 0 Å². The average molecular weight is 266 g/mol. The van der Waals surface area contributed by atoms with Crippen LogP contribution in [0.2, 0.25) is 0 Å². The highest BCUT2D eigenvalue weighted by atomic mass is 16.1. The number of nitrogens with zero attached hydrogens (tertiary/aromatic N) is 2. The summed E-state index contributed by atoms with van der Waals surface area (Å²) in [7, 11) is 0. The molecule has 3 aromatic rings. The van der Waals surface area contributed by atoms with Crippen LogP contribution in [-0.4, -0.2) is 21.1 Å². The molecule has 2 heterocycles. The molecular weight excluding hydrogens is 252 g/mol. The molecular formula is C15H14N4O. The molecule has 0 aliphatic heterocycles. The highest BCUT2D eigenvalue weighted by molar-refractivity contribution is 6.10. The molecule has 3 rings (SSSR count). The zero-order chi connectivity index (χ0) is 14.1. The fourth-order valence-corrected chi connectivity index (χ4v) is 2.27. The van der Waals surface area contributed by atoms with E-state index in [1.807, 2.05) is 26.0 Å². The van der Waals surface area contributed by atoms with Gasteiger partial charge in [0.05, 0.1) is 10.9 Å². The van der Waals surface area contributed by atoms with Gasteiger partial charge in [0.2, 0.25) is 0 Å². The van der Waals surface area contributed by atoms with Crippen LogP contribution in [0.5, 0.6) is 0 Å². The Kier molecular flexibility index (Phi) is 2.95. The van der Waals surface area contributed by atoms with Crippen LogP contribution in [-0.2, 0) is 0 Å². The van der Waals surface area contributed by atoms with Gasteiger partial charge in [-0.1, -0.05) is 6.07 Å². The molecule has 2 N–H and O–H groups in total. The molecule has 2 aromatic heterocycles. The van der Waals surface area contributed by atoms with Gasteiger partial charge in [-0.2, -0.15) is 5.10 Å². The number of H-pyrrole nitrogens is 1. The largest absolute Gasteiger partial charge is 0.321 e. The Hall–Kier alpha value is -2.69. The van der Waals surface area contributed by atoms with Gasteiger partial charge in [-0.05, 0) is 43.2 Å². The van der Waals surface area contributed by atoms with Crippen molar-refractivity contribution in [3.05, 3.63) is 53.5 Å². The minimum absolute atomic E-state index is 0.241. The van der Waals surface area contributed by atoms with Crippen molar-refractivity contribution < 1.29 is 4.79 Å². The van der Waals surface area contributed by atoms with E-state index in [0.717, 1.165) is 27.7 Å². The summed E-state index contributed by atoms with van der Waals surface area (Å²) >= 11 is 0. The number of pyridine rings is 1. The Morgan fingerprint density at radius 1 is 1.20 bits per heavy atom. The lowest BCUT2D eigenvalue weighted by molar-refractivity contribution is 0.102. The van der Waals surface area contributed by atoms with E-state index in [2.05, 4.69) is 26.6 Å². The number of hydrogen-bond donors (Lipinski definition) is 2. The predicted molar refractivity (Wildman–Crippen MR) is 77.8 cm³/mol. The zero-order valence-electron chi connectivity index (χ0n) is 11.3. The van der Waals surface area contributed by atoms with E-state index in [1.165, 1.54) is 0 Å². The second-order valence-corrected chi connectivity index (χ2v) is 4.82. The van der Waals surface area contributed by atoms with Crippen molar-refractivity contribution in [3.63, 3.8) is 0 Å². The first kappa shape index (κ1) is 12.3. The number of anilines is 1. The lowest BCUT2D eigenvalue weighted by atomic mass is 10.1. The number of fused-ring (bicyclic) bond motifs is 1. The lowest BCUT2D eigenvalue weighted by Gasteiger charge is -2.06. The molecule has 0 unspecified atom stereocenters. The Morgan fingerprint density at radius 2 is 1.95 bits per heavy atom. The molecule has 1 aromatic carbocycles. The van der Waals surface area contributed by atoms with E-state index in [9.17, 15) is 4.79 Å². The van der Waals surface area contributed by atoms with E-state index < -0.39 is 0 Å². The van der Waals surface area contributed by atoms with Crippen molar-refractivity contribution in [2.75, 3.05) is 5.32 Å². The van der Waals surface area contributed by atoms with Crippen LogP contribution in [0.25, 0.3) is 10.9 Å². The summed E-state index contributed by atoms with van der Waals surface area (Å²) in [4.78, 5) is 16.3. The molecule has 0 spiro atoms. The van der Waals surface area contributed by atoms with Gasteiger partial charge in [-0.25, -0.2) is 0 Å². The number of aromatic amines is 1. The third-order valence-electron chi connectivity index (χ3n) is 3.06. The molecule has 5 heteroatoms. The summed E-state index contributed by atoms with van der Waals surface area (Å²) in [6.07, 6.45) is 3.29. The molecule has 0 saturated carbocycles. The standard InChI is InChI=1S/C15H14N4O/c1-9-5-10(2)7-11(6-9)17-15(20)14-12-8-16-4-3-13(12)18-19-14/h3-8H,1-2H3,(H,17,20)(H,18,19). The van der Waals surface area contributed by atoms with Crippen LogP contribution in [0.3, 0.4) is 0 Å². The van der Waals surface area contributed by atoms with Crippen molar-refractivity contribution in [1.29, 1.82) is 0 Å². The van der Waals surface area contributed by atoms with E-state index in [4.69, 9.17) is 0 Å². The molecule has 0 atom stereocenters. The van der Waals surface area contributed by atoms with E-state index in [1.54, 1.807) is 18.5 Å². The van der Waals surface area contributed by atoms with Crippen molar-refractivity contribution in [1.82, 2.24) is 15.2 Å². The molecule has 20 heavy (non-hydrogen) atoms. The Bertz CT molecular complexity index is 771. The highest BCUT2D eigenvalue weighted by Gasteiger charge is 2.14. The molecule has 5 nitrogen and oxygen atoms in total. The monoisotopic (exact) mass is 266 g/mol. The first-order valence-corrected chi connectivity index (χ1v) is 6.31. The van der Waals surface area contributed by atoms with Crippen LogP contribution in [0.15, 0.2) is 36.7 Å². The maximum absolute atomic E-state index is 12.3. The third kappa shape index (κ3) is 2.25. The Balaban J connectivity index is 1.93. The number of amides is 1. The summed E-state index contributed by atoms with van der Waals surface area (Å²) < 4.78 is 0. The van der Waals surface area contributed by atoms with Crippen LogP contribution in [0, 0.1) is 13.8 Å². The van der Waals surface area contributed by atoms with Gasteiger partial charge in [-0.15, -0.1) is 0 Å². The number of carbonyl (C=O) groups is 1. The van der Waals surface area contributed by atoms with Crippen molar-refractivity contribution >= 4 is 22.5 Å². The quantitative estimate of drug-likeness (QED) is 0.749. The number of hydrogen-bond acceptors (Lipinski definition) is 3. The zero-order valence-corrected chi connectivity index (χ0v) is 11.3. The number of aromatic nitrogens is 3. The summed E-state index contributed by atoms with van der Waals surface area (Å²) in [5, 5.41) is 10.5. The molecule has 0 bridgehead atoms. The minimum Gasteiger partial charge on any atom is -0.321 e. The average Bonchev–Trinajstić information content (AvgIpc) is 2.81. The number of aryl methyl sites for hydroxylation is 2. The van der Waals surface area contributed by atoms with Crippen LogP contribution < -0.4 is 5.32 Å². The second kappa shape index (κ2) is 4.77. The maximum Gasteiger partial charge on any atom is 0.276 e. The van der Waals surface area contributed by atoms with Crippen molar-refractivity contribution in [2.45, 2.75) is 13.8 Å². The highest BCUT2D eigenvalue weighted by Crippen LogP contribution is 2.18. The Morgan fingerprint density at radius 3 is 2.70 bits per heavy atom. The third-order valence-corrected chi connectivity index (χ3v) is 3.06. The molecule has 0 aliphatic rings. The Labute approximate surface area is 116 Å². The minimum atomic E-state index is -0.241. The molecule has 0 fully saturated rings. The first-order valence-electron chi connectivity index (χ1n) is 6.31. The molecule has 0 radical (unpaired) electrons. The fourth-order valence-electron chi connectivity index (χ4n) is 2.27. The number of rotatable bonds is 2. The normalized spacial score (nSPS) is 10.7. The van der Waals surface area contributed by atoms with Gasteiger partial charge in [0.25, 0.3) is 5.91 Å². The van der Waals surface area contributed by atoms with Crippen LogP contribution in [0.4, 0.5) is 5.69 Å². The summed E-state index contributed by atoms with van der Waals surface area (Å²) in [5.41, 5.74) is 4.13. The predicted octanol–water partition coefficient (Wildman–Crippen LogP) is 2.83. The van der Waals surface area contributed by atoms with E-state index in [0.29, 0.717) is 5.69 Å². The van der Waals surface area contributed by atoms with Crippen LogP contribution in [0.1, 0.15) is 21.6 Å². The summed E-state index contributed by atoms with van der Waals surface area (Å²) in [6, 6.07) is 7.70. The van der Waals surface area contributed by atoms with Gasteiger partial charge in [0.1, 0.15) is 0 Å². The molecule has 100 valence electrons. The number of nitrogens with one attached hydrogen (secondary N) is 2. The number of benzene rings is 1. The van der Waals surface area contributed by atoms with Gasteiger partial charge in [-0.3, -0.25) is 14.9 Å². The summed E-state index contributed by atoms with van der Waals surface area (Å²) in [5.74, 6) is -0.241. The van der Waals surface area contributed by atoms with Gasteiger partial charge in [0, 0.05) is 18.1 Å². The SMILES string of the molecule is Cc1cc(C)cc(NC(=O)c2n[nH]c3ccncc23)c1. The maximum atomic E-state index is 12.3. The fraction of sp³-hybridized carbons (Fsp3) is 0.133. The van der Waals surface area contributed by atoms with Crippen molar-refractivity contribution in [3.8, 4) is 0 Å². The van der Waals surface area contributed by atoms with E-state index in [-0.39, 0.29) is 5.91 Å². The molecule has 0 aliphatic carbocycles.